The minimum Gasteiger partial charge on any atom is -0.337 e. The van der Waals surface area contributed by atoms with E-state index in [2.05, 4.69) is 10.3 Å². The van der Waals surface area contributed by atoms with Crippen LogP contribution >= 0.6 is 0 Å². The highest BCUT2D eigenvalue weighted by molar-refractivity contribution is 5.98. The van der Waals surface area contributed by atoms with Crippen LogP contribution < -0.4 is 5.32 Å². The Morgan fingerprint density at radius 1 is 1.43 bits per heavy atom. The normalized spacial score (nSPS) is 18.4. The maximum absolute atomic E-state index is 11.1. The number of aromatic nitrogens is 2. The number of imide groups is 1. The molecule has 0 aliphatic carbocycles. The minimum absolute atomic E-state index is 0.0243. The van der Waals surface area contributed by atoms with Crippen LogP contribution in [0.3, 0.4) is 0 Å². The monoisotopic (exact) mass is 193 g/mol. The third-order valence-electron chi connectivity index (χ3n) is 2.41. The first-order valence-electron chi connectivity index (χ1n) is 4.45. The van der Waals surface area contributed by atoms with Gasteiger partial charge in [0.25, 0.3) is 0 Å². The van der Waals surface area contributed by atoms with Crippen LogP contribution in [-0.4, -0.2) is 21.4 Å². The molecule has 0 unspecified atom stereocenters. The second-order valence-electron chi connectivity index (χ2n) is 3.51. The van der Waals surface area contributed by atoms with E-state index < -0.39 is 0 Å². The number of nitrogens with one attached hydrogen (secondary N) is 1. The highest BCUT2D eigenvalue weighted by Gasteiger charge is 2.27. The molecule has 1 aliphatic heterocycles. The van der Waals surface area contributed by atoms with Gasteiger partial charge in [-0.3, -0.25) is 14.9 Å². The maximum atomic E-state index is 11.1. The molecule has 2 heterocycles. The summed E-state index contributed by atoms with van der Waals surface area (Å²) in [6.07, 6.45) is 4.11. The molecular formula is C9H11N3O2. The Hall–Kier alpha value is -1.65. The number of hydrogen-bond donors (Lipinski definition) is 1. The fourth-order valence-electron chi connectivity index (χ4n) is 1.75. The average molecular weight is 193 g/mol. The van der Waals surface area contributed by atoms with Crippen LogP contribution in [0.1, 0.15) is 24.5 Å². The Bertz CT molecular complexity index is 367. The van der Waals surface area contributed by atoms with Crippen LogP contribution in [0, 0.1) is 0 Å². The number of nitrogens with zero attached hydrogens (tertiary/aromatic N) is 2. The zero-order chi connectivity index (χ0) is 10.1. The van der Waals surface area contributed by atoms with Gasteiger partial charge in [0.15, 0.2) is 0 Å². The molecule has 1 fully saturated rings. The SMILES string of the molecule is Cn1cncc1C1CC(=O)NC(=O)C1. The summed E-state index contributed by atoms with van der Waals surface area (Å²) in [5, 5.41) is 2.28. The molecule has 74 valence electrons. The molecule has 1 aliphatic rings. The Labute approximate surface area is 81.1 Å². The van der Waals surface area contributed by atoms with Crippen LogP contribution in [-0.2, 0) is 16.6 Å². The number of carbonyl (C=O) groups is 2. The summed E-state index contributed by atoms with van der Waals surface area (Å²) in [5.74, 6) is -0.427. The van der Waals surface area contributed by atoms with E-state index in [0.29, 0.717) is 12.8 Å². The standard InChI is InChI=1S/C9H11N3O2/c1-12-5-10-4-7(12)6-2-8(13)11-9(14)3-6/h4-6H,2-3H2,1H3,(H,11,13,14). The molecule has 14 heavy (non-hydrogen) atoms. The van der Waals surface area contributed by atoms with E-state index in [9.17, 15) is 9.59 Å². The first-order valence-corrected chi connectivity index (χ1v) is 4.45. The van der Waals surface area contributed by atoms with Gasteiger partial charge in [-0.05, 0) is 0 Å². The maximum Gasteiger partial charge on any atom is 0.227 e. The van der Waals surface area contributed by atoms with Crippen molar-refractivity contribution in [3.8, 4) is 0 Å². The fraction of sp³-hybridized carbons (Fsp3) is 0.444. The molecule has 0 saturated carbocycles. The predicted molar refractivity (Wildman–Crippen MR) is 48.3 cm³/mol. The molecule has 0 spiro atoms. The minimum atomic E-state index is -0.201. The van der Waals surface area contributed by atoms with Crippen molar-refractivity contribution in [1.29, 1.82) is 0 Å². The van der Waals surface area contributed by atoms with Crippen LogP contribution in [0.15, 0.2) is 12.5 Å². The van der Waals surface area contributed by atoms with Crippen LogP contribution in [0.5, 0.6) is 0 Å². The second-order valence-corrected chi connectivity index (χ2v) is 3.51. The Balaban J connectivity index is 2.23. The third-order valence-corrected chi connectivity index (χ3v) is 2.41. The van der Waals surface area contributed by atoms with Gasteiger partial charge >= 0.3 is 0 Å². The molecule has 1 aromatic heterocycles. The van der Waals surface area contributed by atoms with Crippen molar-refractivity contribution >= 4 is 11.8 Å². The van der Waals surface area contributed by atoms with Gasteiger partial charge in [0.1, 0.15) is 0 Å². The predicted octanol–water partition coefficient (Wildman–Crippen LogP) is -0.0597. The molecule has 1 aromatic rings. The van der Waals surface area contributed by atoms with Crippen LogP contribution in [0.2, 0.25) is 0 Å². The molecule has 1 saturated heterocycles. The van der Waals surface area contributed by atoms with Gasteiger partial charge in [-0.15, -0.1) is 0 Å². The van der Waals surface area contributed by atoms with Crippen molar-refractivity contribution in [2.75, 3.05) is 0 Å². The number of aryl methyl sites for hydroxylation is 1. The zero-order valence-corrected chi connectivity index (χ0v) is 7.86. The van der Waals surface area contributed by atoms with Crippen molar-refractivity contribution in [2.45, 2.75) is 18.8 Å². The lowest BCUT2D eigenvalue weighted by molar-refractivity contribution is -0.133. The van der Waals surface area contributed by atoms with Crippen LogP contribution in [0.4, 0.5) is 0 Å². The smallest absolute Gasteiger partial charge is 0.227 e. The van der Waals surface area contributed by atoms with E-state index in [1.54, 1.807) is 12.5 Å². The van der Waals surface area contributed by atoms with Gasteiger partial charge in [0.2, 0.25) is 11.8 Å². The molecule has 0 atom stereocenters. The van der Waals surface area contributed by atoms with Crippen LogP contribution in [0.25, 0.3) is 0 Å². The van der Waals surface area contributed by atoms with E-state index in [0.717, 1.165) is 5.69 Å². The first kappa shape index (κ1) is 8.93. The van der Waals surface area contributed by atoms with Gasteiger partial charge in [0.05, 0.1) is 6.33 Å². The highest BCUT2D eigenvalue weighted by atomic mass is 16.2. The van der Waals surface area contributed by atoms with Gasteiger partial charge in [-0.25, -0.2) is 4.98 Å². The van der Waals surface area contributed by atoms with Crippen molar-refractivity contribution in [2.24, 2.45) is 7.05 Å². The topological polar surface area (TPSA) is 64.0 Å². The summed E-state index contributed by atoms with van der Waals surface area (Å²) in [7, 11) is 1.86. The quantitative estimate of drug-likeness (QED) is 0.635. The third kappa shape index (κ3) is 1.53. The fourth-order valence-corrected chi connectivity index (χ4v) is 1.75. The van der Waals surface area contributed by atoms with E-state index >= 15 is 0 Å². The van der Waals surface area contributed by atoms with E-state index in [-0.39, 0.29) is 17.7 Å². The zero-order valence-electron chi connectivity index (χ0n) is 7.86. The summed E-state index contributed by atoms with van der Waals surface area (Å²) in [4.78, 5) is 26.2. The lowest BCUT2D eigenvalue weighted by atomic mass is 9.94. The van der Waals surface area contributed by atoms with Crippen molar-refractivity contribution in [3.05, 3.63) is 18.2 Å². The molecule has 1 N–H and O–H groups in total. The largest absolute Gasteiger partial charge is 0.337 e. The lowest BCUT2D eigenvalue weighted by Crippen LogP contribution is -2.38. The molecule has 2 amide bonds. The Kier molecular flexibility index (Phi) is 2.07. The van der Waals surface area contributed by atoms with E-state index in [4.69, 9.17) is 0 Å². The van der Waals surface area contributed by atoms with Crippen molar-refractivity contribution in [1.82, 2.24) is 14.9 Å². The number of amides is 2. The second kappa shape index (κ2) is 3.25. The van der Waals surface area contributed by atoms with Gasteiger partial charge in [-0.1, -0.05) is 0 Å². The number of rotatable bonds is 1. The van der Waals surface area contributed by atoms with Gasteiger partial charge in [-0.2, -0.15) is 0 Å². The van der Waals surface area contributed by atoms with Crippen molar-refractivity contribution < 1.29 is 9.59 Å². The highest BCUT2D eigenvalue weighted by Crippen LogP contribution is 2.25. The molecule has 0 aromatic carbocycles. The summed E-state index contributed by atoms with van der Waals surface area (Å²) in [5.41, 5.74) is 0.938. The Morgan fingerprint density at radius 2 is 2.07 bits per heavy atom. The van der Waals surface area contributed by atoms with Crippen molar-refractivity contribution in [3.63, 3.8) is 0 Å². The Morgan fingerprint density at radius 3 is 2.57 bits per heavy atom. The van der Waals surface area contributed by atoms with E-state index in [1.165, 1.54) is 0 Å². The molecule has 0 bridgehead atoms. The summed E-state index contributed by atoms with van der Waals surface area (Å²) < 4.78 is 1.84. The first-order chi connectivity index (χ1) is 6.66. The average Bonchev–Trinajstić information content (AvgIpc) is 2.49. The number of carbonyl (C=O) groups excluding carboxylic acids is 2. The molecular weight excluding hydrogens is 182 g/mol. The summed E-state index contributed by atoms with van der Waals surface area (Å²) in [6, 6.07) is 0. The van der Waals surface area contributed by atoms with Gasteiger partial charge in [0, 0.05) is 37.7 Å². The molecule has 5 heteroatoms. The summed E-state index contributed by atoms with van der Waals surface area (Å²) >= 11 is 0. The van der Waals surface area contributed by atoms with Gasteiger partial charge < -0.3 is 4.57 Å². The molecule has 5 nitrogen and oxygen atoms in total. The lowest BCUT2D eigenvalue weighted by Gasteiger charge is -2.20. The molecule has 2 rings (SSSR count). The number of imidazole rings is 1. The molecule has 0 radical (unpaired) electrons. The van der Waals surface area contributed by atoms with E-state index in [1.807, 2.05) is 11.6 Å². The number of piperidine rings is 1. The summed E-state index contributed by atoms with van der Waals surface area (Å²) in [6.45, 7) is 0. The number of hydrogen-bond acceptors (Lipinski definition) is 3.